The lowest BCUT2D eigenvalue weighted by atomic mass is 9.79. The molecule has 0 aromatic carbocycles. The molecule has 1 unspecified atom stereocenters. The predicted octanol–water partition coefficient (Wildman–Crippen LogP) is 3.22. The summed E-state index contributed by atoms with van der Waals surface area (Å²) in [6, 6.07) is -0.0973. The highest BCUT2D eigenvalue weighted by atomic mass is 35.5. The van der Waals surface area contributed by atoms with Crippen LogP contribution in [-0.2, 0) is 14.9 Å². The van der Waals surface area contributed by atoms with E-state index in [1.54, 1.807) is 11.3 Å². The number of carbonyl (C=O) groups is 1. The third-order valence-electron chi connectivity index (χ3n) is 4.33. The molecule has 0 aliphatic carbocycles. The molecule has 1 saturated heterocycles. The summed E-state index contributed by atoms with van der Waals surface area (Å²) >= 11 is 1.60. The van der Waals surface area contributed by atoms with Crippen molar-refractivity contribution in [3.8, 4) is 0 Å². The average Bonchev–Trinajstić information content (AvgIpc) is 2.98. The van der Waals surface area contributed by atoms with Crippen LogP contribution in [0.2, 0.25) is 0 Å². The summed E-state index contributed by atoms with van der Waals surface area (Å²) in [7, 11) is 0. The first kappa shape index (κ1) is 23.6. The molecule has 2 rings (SSSR count). The Hall–Kier alpha value is -0.400. The molecule has 2 heterocycles. The van der Waals surface area contributed by atoms with Gasteiger partial charge in [-0.25, -0.2) is 4.98 Å². The van der Waals surface area contributed by atoms with Crippen LogP contribution in [0, 0.1) is 5.41 Å². The molecule has 0 spiro atoms. The number of hydrogen-bond acceptors (Lipinski definition) is 5. The van der Waals surface area contributed by atoms with Crippen LogP contribution in [-0.4, -0.2) is 30.6 Å². The molecule has 0 bridgehead atoms. The first-order valence-corrected chi connectivity index (χ1v) is 8.71. The lowest BCUT2D eigenvalue weighted by Gasteiger charge is -2.35. The predicted molar refractivity (Wildman–Crippen MR) is 103 cm³/mol. The highest BCUT2D eigenvalue weighted by Crippen LogP contribution is 2.31. The Morgan fingerprint density at radius 2 is 2.00 bits per heavy atom. The van der Waals surface area contributed by atoms with E-state index in [2.05, 4.69) is 36.5 Å². The third-order valence-corrected chi connectivity index (χ3v) is 5.36. The van der Waals surface area contributed by atoms with Gasteiger partial charge in [0.2, 0.25) is 5.91 Å². The summed E-state index contributed by atoms with van der Waals surface area (Å²) < 4.78 is 5.36. The molecular weight excluding hydrogens is 369 g/mol. The number of aromatic nitrogens is 1. The minimum atomic E-state index is -0.489. The largest absolute Gasteiger partial charge is 0.381 e. The summed E-state index contributed by atoms with van der Waals surface area (Å²) in [4.78, 5) is 17.3. The standard InChI is InChI=1S/C16H27N3O2S.2ClH/c1-11(13-19-12(9-22-13)15(2,3)4)18-14(20)16(10-17)5-7-21-8-6-16;;/h9,11H,5-8,10,17H2,1-4H3,(H,18,20);2*1H. The molecule has 140 valence electrons. The van der Waals surface area contributed by atoms with Gasteiger partial charge in [-0.1, -0.05) is 20.8 Å². The minimum Gasteiger partial charge on any atom is -0.381 e. The minimum absolute atomic E-state index is 0. The Morgan fingerprint density at radius 3 is 2.46 bits per heavy atom. The maximum atomic E-state index is 12.7. The molecule has 1 atom stereocenters. The second-order valence-electron chi connectivity index (χ2n) is 7.11. The van der Waals surface area contributed by atoms with Gasteiger partial charge in [0.15, 0.2) is 0 Å². The summed E-state index contributed by atoms with van der Waals surface area (Å²) in [5.74, 6) is 0.0262. The molecule has 1 aromatic rings. The Balaban J connectivity index is 0.00000264. The zero-order chi connectivity index (χ0) is 16.4. The fraction of sp³-hybridized carbons (Fsp3) is 0.750. The summed E-state index contributed by atoms with van der Waals surface area (Å²) in [5.41, 5.74) is 6.48. The van der Waals surface area contributed by atoms with Crippen LogP contribution < -0.4 is 11.1 Å². The fourth-order valence-corrected chi connectivity index (χ4v) is 3.58. The van der Waals surface area contributed by atoms with Gasteiger partial charge in [-0.15, -0.1) is 36.2 Å². The van der Waals surface area contributed by atoms with E-state index < -0.39 is 5.41 Å². The lowest BCUT2D eigenvalue weighted by molar-refractivity contribution is -0.136. The Kier molecular flexibility index (Phi) is 9.18. The van der Waals surface area contributed by atoms with Crippen LogP contribution in [0.1, 0.15) is 57.3 Å². The molecule has 5 nitrogen and oxygen atoms in total. The molecule has 24 heavy (non-hydrogen) atoms. The number of nitrogens with two attached hydrogens (primary N) is 1. The van der Waals surface area contributed by atoms with Crippen molar-refractivity contribution < 1.29 is 9.53 Å². The van der Waals surface area contributed by atoms with Crippen molar-refractivity contribution in [2.24, 2.45) is 11.1 Å². The first-order chi connectivity index (χ1) is 10.3. The molecule has 1 fully saturated rings. The quantitative estimate of drug-likeness (QED) is 0.817. The van der Waals surface area contributed by atoms with E-state index in [4.69, 9.17) is 10.5 Å². The van der Waals surface area contributed by atoms with Crippen molar-refractivity contribution in [3.63, 3.8) is 0 Å². The van der Waals surface area contributed by atoms with E-state index in [9.17, 15) is 4.79 Å². The summed E-state index contributed by atoms with van der Waals surface area (Å²) in [6.45, 7) is 9.96. The third kappa shape index (κ3) is 5.30. The monoisotopic (exact) mass is 397 g/mol. The first-order valence-electron chi connectivity index (χ1n) is 7.83. The molecule has 3 N–H and O–H groups in total. The molecular formula is C16H29Cl2N3O2S. The maximum absolute atomic E-state index is 12.7. The van der Waals surface area contributed by atoms with Crippen LogP contribution >= 0.6 is 36.2 Å². The SMILES string of the molecule is CC(NC(=O)C1(CN)CCOCC1)c1nc(C(C)(C)C)cs1.Cl.Cl. The zero-order valence-electron chi connectivity index (χ0n) is 14.8. The highest BCUT2D eigenvalue weighted by molar-refractivity contribution is 7.09. The summed E-state index contributed by atoms with van der Waals surface area (Å²) in [5, 5.41) is 6.11. The average molecular weight is 398 g/mol. The van der Waals surface area contributed by atoms with E-state index in [1.807, 2.05) is 6.92 Å². The van der Waals surface area contributed by atoms with E-state index in [1.165, 1.54) is 0 Å². The second kappa shape index (κ2) is 9.34. The van der Waals surface area contributed by atoms with Crippen LogP contribution in [0.5, 0.6) is 0 Å². The van der Waals surface area contributed by atoms with Gasteiger partial charge in [0.25, 0.3) is 0 Å². The number of nitrogens with zero attached hydrogens (tertiary/aromatic N) is 1. The topological polar surface area (TPSA) is 77.2 Å². The van der Waals surface area contributed by atoms with Crippen molar-refractivity contribution in [1.82, 2.24) is 10.3 Å². The number of carbonyl (C=O) groups excluding carboxylic acids is 1. The van der Waals surface area contributed by atoms with Gasteiger partial charge in [-0.3, -0.25) is 4.79 Å². The number of nitrogens with one attached hydrogen (secondary N) is 1. The van der Waals surface area contributed by atoms with Crippen molar-refractivity contribution in [1.29, 1.82) is 0 Å². The molecule has 1 aromatic heterocycles. The maximum Gasteiger partial charge on any atom is 0.228 e. The molecule has 1 aliphatic rings. The Labute approximate surface area is 161 Å². The molecule has 1 aliphatic heterocycles. The van der Waals surface area contributed by atoms with E-state index in [0.717, 1.165) is 10.7 Å². The van der Waals surface area contributed by atoms with Gasteiger partial charge in [-0.2, -0.15) is 0 Å². The number of ether oxygens (including phenoxy) is 1. The number of rotatable bonds is 4. The van der Waals surface area contributed by atoms with Crippen LogP contribution in [0.15, 0.2) is 5.38 Å². The van der Waals surface area contributed by atoms with Gasteiger partial charge in [-0.05, 0) is 19.8 Å². The normalized spacial score (nSPS) is 18.0. The molecule has 1 amide bonds. The summed E-state index contributed by atoms with van der Waals surface area (Å²) in [6.07, 6.45) is 1.38. The van der Waals surface area contributed by atoms with Crippen LogP contribution in [0.3, 0.4) is 0 Å². The van der Waals surface area contributed by atoms with Crippen molar-refractivity contribution in [3.05, 3.63) is 16.1 Å². The Bertz CT molecular complexity index is 526. The molecule has 0 radical (unpaired) electrons. The fourth-order valence-electron chi connectivity index (χ4n) is 2.53. The van der Waals surface area contributed by atoms with E-state index in [0.29, 0.717) is 32.6 Å². The highest BCUT2D eigenvalue weighted by Gasteiger charge is 2.39. The van der Waals surface area contributed by atoms with Gasteiger partial charge < -0.3 is 15.8 Å². The Morgan fingerprint density at radius 1 is 1.42 bits per heavy atom. The van der Waals surface area contributed by atoms with Crippen molar-refractivity contribution in [2.75, 3.05) is 19.8 Å². The molecule has 0 saturated carbocycles. The van der Waals surface area contributed by atoms with Gasteiger partial charge >= 0.3 is 0 Å². The number of amides is 1. The number of hydrogen-bond donors (Lipinski definition) is 2. The van der Waals surface area contributed by atoms with Crippen LogP contribution in [0.25, 0.3) is 0 Å². The van der Waals surface area contributed by atoms with Gasteiger partial charge in [0.05, 0.1) is 17.2 Å². The zero-order valence-corrected chi connectivity index (χ0v) is 17.2. The smallest absolute Gasteiger partial charge is 0.228 e. The van der Waals surface area contributed by atoms with Gasteiger partial charge in [0, 0.05) is 30.6 Å². The number of thiazole rings is 1. The van der Waals surface area contributed by atoms with Gasteiger partial charge in [0.1, 0.15) is 5.01 Å². The molecule has 8 heteroatoms. The van der Waals surface area contributed by atoms with Crippen LogP contribution in [0.4, 0.5) is 0 Å². The van der Waals surface area contributed by atoms with Crippen molar-refractivity contribution >= 4 is 42.1 Å². The lowest BCUT2D eigenvalue weighted by Crippen LogP contribution is -2.49. The number of halogens is 2. The van der Waals surface area contributed by atoms with E-state index in [-0.39, 0.29) is 42.2 Å². The van der Waals surface area contributed by atoms with Crippen molar-refractivity contribution in [2.45, 2.75) is 52.0 Å². The van der Waals surface area contributed by atoms with E-state index >= 15 is 0 Å². The second-order valence-corrected chi connectivity index (χ2v) is 8.00.